The normalized spacial score (nSPS) is 17.3. The maximum Gasteiger partial charge on any atom is 0.331 e. The number of para-hydroxylation sites is 1. The third kappa shape index (κ3) is 2.99. The highest BCUT2D eigenvalue weighted by Gasteiger charge is 2.41. The van der Waals surface area contributed by atoms with Gasteiger partial charge in [-0.1, -0.05) is 48.0 Å². The molecule has 7 nitrogen and oxygen atoms in total. The largest absolute Gasteiger partial charge is 0.508 e. The third-order valence-electron chi connectivity index (χ3n) is 6.61. The van der Waals surface area contributed by atoms with Crippen LogP contribution >= 0.6 is 0 Å². The number of fused-ring (bicyclic) bond motifs is 3. The SMILES string of the molecule is Cc1ccc(-c2c3c(=O)n(C)c(=O)n(C)c3c3n2C(C)(C)COC3c2ccccc2O)cc1. The highest BCUT2D eigenvalue weighted by molar-refractivity contribution is 5.97. The molecule has 170 valence electrons. The molecule has 0 aliphatic carbocycles. The molecule has 2 aromatic carbocycles. The fourth-order valence-electron chi connectivity index (χ4n) is 4.93. The summed E-state index contributed by atoms with van der Waals surface area (Å²) in [5, 5.41) is 11.1. The Morgan fingerprint density at radius 3 is 2.33 bits per heavy atom. The molecule has 0 spiro atoms. The molecule has 5 rings (SSSR count). The van der Waals surface area contributed by atoms with E-state index < -0.39 is 17.3 Å². The van der Waals surface area contributed by atoms with E-state index in [1.807, 2.05) is 43.3 Å². The van der Waals surface area contributed by atoms with Gasteiger partial charge in [-0.15, -0.1) is 0 Å². The Morgan fingerprint density at radius 1 is 1.00 bits per heavy atom. The number of aryl methyl sites for hydroxylation is 2. The van der Waals surface area contributed by atoms with Gasteiger partial charge in [-0.3, -0.25) is 13.9 Å². The van der Waals surface area contributed by atoms with Gasteiger partial charge in [0.1, 0.15) is 11.9 Å². The van der Waals surface area contributed by atoms with E-state index in [1.165, 1.54) is 11.6 Å². The van der Waals surface area contributed by atoms with Crippen molar-refractivity contribution in [3.63, 3.8) is 0 Å². The highest BCUT2D eigenvalue weighted by atomic mass is 16.5. The highest BCUT2D eigenvalue weighted by Crippen LogP contribution is 2.46. The van der Waals surface area contributed by atoms with Crippen LogP contribution in [0.5, 0.6) is 5.75 Å². The minimum absolute atomic E-state index is 0.105. The molecule has 0 fully saturated rings. The Balaban J connectivity index is 2.03. The summed E-state index contributed by atoms with van der Waals surface area (Å²) in [7, 11) is 3.18. The number of phenolic OH excluding ortho intramolecular Hbond substituents is 1. The number of aromatic nitrogens is 3. The molecule has 1 aliphatic rings. The molecule has 2 aromatic heterocycles. The second-order valence-corrected chi connectivity index (χ2v) is 9.43. The van der Waals surface area contributed by atoms with Gasteiger partial charge in [0.2, 0.25) is 0 Å². The van der Waals surface area contributed by atoms with E-state index in [9.17, 15) is 14.7 Å². The van der Waals surface area contributed by atoms with Crippen LogP contribution in [0.2, 0.25) is 0 Å². The average molecular weight is 446 g/mol. The number of rotatable bonds is 2. The summed E-state index contributed by atoms with van der Waals surface area (Å²) in [6.45, 7) is 6.49. The number of phenols is 1. The van der Waals surface area contributed by atoms with E-state index in [4.69, 9.17) is 4.74 Å². The van der Waals surface area contributed by atoms with Crippen LogP contribution in [-0.2, 0) is 24.4 Å². The molecule has 1 aliphatic heterocycles. The van der Waals surface area contributed by atoms with Gasteiger partial charge in [-0.25, -0.2) is 4.79 Å². The number of aromatic hydroxyl groups is 1. The number of hydrogen-bond donors (Lipinski definition) is 1. The van der Waals surface area contributed by atoms with Gasteiger partial charge in [0.25, 0.3) is 5.56 Å². The molecule has 33 heavy (non-hydrogen) atoms. The van der Waals surface area contributed by atoms with Crippen LogP contribution in [-0.4, -0.2) is 25.4 Å². The summed E-state index contributed by atoms with van der Waals surface area (Å²) >= 11 is 0. The lowest BCUT2D eigenvalue weighted by Crippen LogP contribution is -2.40. The van der Waals surface area contributed by atoms with Crippen molar-refractivity contribution in [1.29, 1.82) is 0 Å². The minimum atomic E-state index is -0.640. The molecular formula is C26H27N3O4. The molecular weight excluding hydrogens is 418 g/mol. The summed E-state index contributed by atoms with van der Waals surface area (Å²) in [5.74, 6) is 0.105. The lowest BCUT2D eigenvalue weighted by atomic mass is 9.97. The fourth-order valence-corrected chi connectivity index (χ4v) is 4.93. The van der Waals surface area contributed by atoms with Gasteiger partial charge in [-0.05, 0) is 32.4 Å². The number of benzene rings is 2. The maximum absolute atomic E-state index is 13.5. The Kier molecular flexibility index (Phi) is 4.65. The summed E-state index contributed by atoms with van der Waals surface area (Å²) in [5.41, 5.74) is 3.31. The van der Waals surface area contributed by atoms with E-state index in [0.717, 1.165) is 21.4 Å². The monoisotopic (exact) mass is 445 g/mol. The van der Waals surface area contributed by atoms with Crippen molar-refractivity contribution in [3.8, 4) is 17.0 Å². The molecule has 0 radical (unpaired) electrons. The molecule has 0 saturated heterocycles. The zero-order valence-electron chi connectivity index (χ0n) is 19.4. The predicted molar refractivity (Wildman–Crippen MR) is 128 cm³/mol. The van der Waals surface area contributed by atoms with Gasteiger partial charge in [0.05, 0.1) is 34.4 Å². The van der Waals surface area contributed by atoms with Crippen molar-refractivity contribution < 1.29 is 9.84 Å². The second-order valence-electron chi connectivity index (χ2n) is 9.43. The summed E-state index contributed by atoms with van der Waals surface area (Å²) in [4.78, 5) is 26.5. The van der Waals surface area contributed by atoms with Crippen LogP contribution in [0.4, 0.5) is 0 Å². The Hall–Kier alpha value is -3.58. The van der Waals surface area contributed by atoms with E-state index in [-0.39, 0.29) is 11.3 Å². The molecule has 1 atom stereocenters. The van der Waals surface area contributed by atoms with E-state index >= 15 is 0 Å². The van der Waals surface area contributed by atoms with Crippen LogP contribution in [0, 0.1) is 6.92 Å². The first kappa shape index (κ1) is 21.3. The van der Waals surface area contributed by atoms with E-state index in [0.29, 0.717) is 28.8 Å². The first-order chi connectivity index (χ1) is 15.6. The Bertz CT molecular complexity index is 1520. The first-order valence-electron chi connectivity index (χ1n) is 10.9. The molecule has 1 unspecified atom stereocenters. The lowest BCUT2D eigenvalue weighted by Gasteiger charge is -2.39. The van der Waals surface area contributed by atoms with Gasteiger partial charge in [-0.2, -0.15) is 0 Å². The van der Waals surface area contributed by atoms with Gasteiger partial charge in [0, 0.05) is 19.7 Å². The van der Waals surface area contributed by atoms with Crippen LogP contribution in [0.25, 0.3) is 22.2 Å². The lowest BCUT2D eigenvalue weighted by molar-refractivity contribution is -0.00798. The zero-order chi connectivity index (χ0) is 23.7. The predicted octanol–water partition coefficient (Wildman–Crippen LogP) is 3.57. The Labute approximate surface area is 191 Å². The topological polar surface area (TPSA) is 78.4 Å². The van der Waals surface area contributed by atoms with Crippen LogP contribution in [0.3, 0.4) is 0 Å². The second kappa shape index (κ2) is 7.22. The summed E-state index contributed by atoms with van der Waals surface area (Å²) in [6.07, 6.45) is -0.640. The van der Waals surface area contributed by atoms with Gasteiger partial charge in [0.15, 0.2) is 0 Å². The van der Waals surface area contributed by atoms with Crippen LogP contribution in [0.1, 0.15) is 36.8 Å². The number of nitrogens with zero attached hydrogens (tertiary/aromatic N) is 3. The number of ether oxygens (including phenoxy) is 1. The standard InChI is InChI=1S/C26H27N3O4/c1-15-10-12-16(13-11-15)20-19-21(27(4)25(32)28(5)24(19)31)22-23(17-8-6-7-9-18(17)30)33-14-26(2,3)29(20)22/h6-13,23,30H,14H2,1-5H3. The smallest absolute Gasteiger partial charge is 0.331 e. The fraction of sp³-hybridized carbons (Fsp3) is 0.308. The molecule has 3 heterocycles. The quantitative estimate of drug-likeness (QED) is 0.512. The maximum atomic E-state index is 13.5. The Morgan fingerprint density at radius 2 is 1.67 bits per heavy atom. The molecule has 0 saturated carbocycles. The molecule has 4 aromatic rings. The molecule has 0 bridgehead atoms. The van der Waals surface area contributed by atoms with Crippen molar-refractivity contribution in [3.05, 3.63) is 86.2 Å². The first-order valence-corrected chi connectivity index (χ1v) is 10.9. The van der Waals surface area contributed by atoms with Crippen molar-refractivity contribution in [1.82, 2.24) is 13.7 Å². The van der Waals surface area contributed by atoms with E-state index in [2.05, 4.69) is 18.4 Å². The van der Waals surface area contributed by atoms with Crippen LogP contribution in [0.15, 0.2) is 58.1 Å². The molecule has 1 N–H and O–H groups in total. The average Bonchev–Trinajstić information content (AvgIpc) is 3.15. The minimum Gasteiger partial charge on any atom is -0.508 e. The van der Waals surface area contributed by atoms with Crippen LogP contribution < -0.4 is 11.2 Å². The van der Waals surface area contributed by atoms with Gasteiger partial charge >= 0.3 is 5.69 Å². The molecule has 0 amide bonds. The van der Waals surface area contributed by atoms with Crippen molar-refractivity contribution >= 4 is 10.9 Å². The van der Waals surface area contributed by atoms with Gasteiger partial charge < -0.3 is 14.4 Å². The van der Waals surface area contributed by atoms with Crippen molar-refractivity contribution in [2.45, 2.75) is 32.4 Å². The summed E-state index contributed by atoms with van der Waals surface area (Å²) < 4.78 is 11.1. The zero-order valence-corrected chi connectivity index (χ0v) is 19.4. The number of hydrogen-bond acceptors (Lipinski definition) is 4. The summed E-state index contributed by atoms with van der Waals surface area (Å²) in [6, 6.07) is 15.1. The molecule has 7 heteroatoms. The van der Waals surface area contributed by atoms with E-state index in [1.54, 1.807) is 19.2 Å². The van der Waals surface area contributed by atoms with Crippen molar-refractivity contribution in [2.24, 2.45) is 14.1 Å². The third-order valence-corrected chi connectivity index (χ3v) is 6.61. The van der Waals surface area contributed by atoms with Crippen molar-refractivity contribution in [2.75, 3.05) is 6.61 Å².